The molecule has 0 amide bonds. The van der Waals surface area contributed by atoms with Gasteiger partial charge in [-0.1, -0.05) is 44.2 Å². The number of benzene rings is 2. The molecular weight excluding hydrogens is 308 g/mol. The number of halogens is 1. The summed E-state index contributed by atoms with van der Waals surface area (Å²) in [6, 6.07) is 14.8. The number of aromatic nitrogens is 1. The van der Waals surface area contributed by atoms with Gasteiger partial charge < -0.3 is 9.73 Å². The predicted octanol–water partition coefficient (Wildman–Crippen LogP) is 5.05. The van der Waals surface area contributed by atoms with Crippen molar-refractivity contribution in [1.82, 2.24) is 10.3 Å². The molecule has 1 N–H and O–H groups in total. The third kappa shape index (κ3) is 4.57. The Morgan fingerprint density at radius 1 is 1.04 bits per heavy atom. The maximum Gasteiger partial charge on any atom is 0.181 e. The fourth-order valence-corrected chi connectivity index (χ4v) is 2.48. The van der Waals surface area contributed by atoms with Crippen molar-refractivity contribution in [2.75, 3.05) is 6.54 Å². The molecule has 3 rings (SSSR count). The largest absolute Gasteiger partial charge is 0.443 e. The van der Waals surface area contributed by atoms with Gasteiger partial charge in [0, 0.05) is 6.54 Å². The van der Waals surface area contributed by atoms with E-state index in [1.165, 1.54) is 29.5 Å². The highest BCUT2D eigenvalue weighted by atomic mass is 35.5. The topological polar surface area (TPSA) is 38.1 Å². The Labute approximate surface area is 143 Å². The zero-order chi connectivity index (χ0) is 15.4. The van der Waals surface area contributed by atoms with E-state index in [1.807, 2.05) is 6.07 Å². The first-order valence-electron chi connectivity index (χ1n) is 7.85. The van der Waals surface area contributed by atoms with Crippen molar-refractivity contribution >= 4 is 23.5 Å². The second kappa shape index (κ2) is 8.14. The van der Waals surface area contributed by atoms with Crippen LogP contribution in [0.3, 0.4) is 0 Å². The molecule has 122 valence electrons. The van der Waals surface area contributed by atoms with E-state index in [0.717, 1.165) is 30.1 Å². The minimum atomic E-state index is 0. The first-order valence-corrected chi connectivity index (χ1v) is 7.85. The Morgan fingerprint density at radius 3 is 2.52 bits per heavy atom. The van der Waals surface area contributed by atoms with E-state index < -0.39 is 0 Å². The van der Waals surface area contributed by atoms with Gasteiger partial charge in [-0.15, -0.1) is 12.4 Å². The molecule has 1 aromatic heterocycles. The Kier molecular flexibility index (Phi) is 6.20. The van der Waals surface area contributed by atoms with Crippen molar-refractivity contribution in [3.05, 3.63) is 54.4 Å². The molecule has 0 radical (unpaired) electrons. The van der Waals surface area contributed by atoms with Crippen LogP contribution in [0.15, 0.2) is 53.3 Å². The van der Waals surface area contributed by atoms with E-state index >= 15 is 0 Å². The van der Waals surface area contributed by atoms with Gasteiger partial charge in [0.25, 0.3) is 0 Å². The fraction of sp³-hybridized carbons (Fsp3) is 0.316. The van der Waals surface area contributed by atoms with E-state index in [9.17, 15) is 0 Å². The highest BCUT2D eigenvalue weighted by Crippen LogP contribution is 2.24. The molecule has 0 saturated heterocycles. The van der Waals surface area contributed by atoms with E-state index in [4.69, 9.17) is 4.42 Å². The number of nitrogens with zero attached hydrogens (tertiary/aromatic N) is 1. The van der Waals surface area contributed by atoms with E-state index in [-0.39, 0.29) is 12.4 Å². The van der Waals surface area contributed by atoms with Gasteiger partial charge in [0.05, 0.1) is 0 Å². The van der Waals surface area contributed by atoms with Gasteiger partial charge in [-0.05, 0) is 47.7 Å². The lowest BCUT2D eigenvalue weighted by Gasteiger charge is -2.08. The molecule has 0 atom stereocenters. The SMILES string of the molecule is CC(C)CCNCc1ccc(-c2ccc3ocnc3c2)cc1.Cl. The van der Waals surface area contributed by atoms with Crippen molar-refractivity contribution < 1.29 is 4.42 Å². The lowest BCUT2D eigenvalue weighted by Crippen LogP contribution is -2.16. The molecule has 0 aliphatic heterocycles. The van der Waals surface area contributed by atoms with Crippen LogP contribution < -0.4 is 5.32 Å². The molecule has 3 nitrogen and oxygen atoms in total. The van der Waals surface area contributed by atoms with Crippen molar-refractivity contribution in [2.24, 2.45) is 5.92 Å². The van der Waals surface area contributed by atoms with Crippen molar-refractivity contribution in [3.63, 3.8) is 0 Å². The van der Waals surface area contributed by atoms with Gasteiger partial charge in [0.1, 0.15) is 5.52 Å². The lowest BCUT2D eigenvalue weighted by molar-refractivity contribution is 0.537. The number of rotatable bonds is 6. The molecule has 1 heterocycles. The van der Waals surface area contributed by atoms with Gasteiger partial charge in [-0.2, -0.15) is 0 Å². The summed E-state index contributed by atoms with van der Waals surface area (Å²) in [6.45, 7) is 6.50. The van der Waals surface area contributed by atoms with Crippen LogP contribution in [0, 0.1) is 5.92 Å². The molecule has 0 bridgehead atoms. The Hall–Kier alpha value is -1.84. The minimum Gasteiger partial charge on any atom is -0.443 e. The third-order valence-electron chi connectivity index (χ3n) is 3.85. The van der Waals surface area contributed by atoms with Gasteiger partial charge >= 0.3 is 0 Å². The van der Waals surface area contributed by atoms with E-state index in [2.05, 4.69) is 60.5 Å². The summed E-state index contributed by atoms with van der Waals surface area (Å²) in [5.41, 5.74) is 5.42. The van der Waals surface area contributed by atoms with Crippen LogP contribution in [-0.4, -0.2) is 11.5 Å². The summed E-state index contributed by atoms with van der Waals surface area (Å²) in [7, 11) is 0. The van der Waals surface area contributed by atoms with Gasteiger partial charge in [-0.3, -0.25) is 0 Å². The average molecular weight is 331 g/mol. The normalized spacial score (nSPS) is 10.9. The Morgan fingerprint density at radius 2 is 1.78 bits per heavy atom. The summed E-state index contributed by atoms with van der Waals surface area (Å²) in [5.74, 6) is 0.751. The van der Waals surface area contributed by atoms with E-state index in [1.54, 1.807) is 0 Å². The number of nitrogens with one attached hydrogen (secondary N) is 1. The monoisotopic (exact) mass is 330 g/mol. The highest BCUT2D eigenvalue weighted by molar-refractivity contribution is 5.85. The Bertz CT molecular complexity index is 734. The summed E-state index contributed by atoms with van der Waals surface area (Å²) in [6.07, 6.45) is 2.70. The summed E-state index contributed by atoms with van der Waals surface area (Å²) in [4.78, 5) is 4.21. The van der Waals surface area contributed by atoms with E-state index in [0.29, 0.717) is 0 Å². The first-order chi connectivity index (χ1) is 10.7. The maximum atomic E-state index is 5.28. The molecule has 3 aromatic rings. The first kappa shape index (κ1) is 17.5. The third-order valence-corrected chi connectivity index (χ3v) is 3.85. The molecule has 2 aromatic carbocycles. The second-order valence-corrected chi connectivity index (χ2v) is 6.09. The molecule has 23 heavy (non-hydrogen) atoms. The van der Waals surface area contributed by atoms with Crippen LogP contribution in [0.1, 0.15) is 25.8 Å². The van der Waals surface area contributed by atoms with Gasteiger partial charge in [0.2, 0.25) is 0 Å². The maximum absolute atomic E-state index is 5.28. The Balaban J connectivity index is 0.00000192. The van der Waals surface area contributed by atoms with Crippen LogP contribution in [0.2, 0.25) is 0 Å². The zero-order valence-electron chi connectivity index (χ0n) is 13.6. The highest BCUT2D eigenvalue weighted by Gasteiger charge is 2.03. The lowest BCUT2D eigenvalue weighted by atomic mass is 10.0. The number of fused-ring (bicyclic) bond motifs is 1. The van der Waals surface area contributed by atoms with Crippen molar-refractivity contribution in [1.29, 1.82) is 0 Å². The number of oxazole rings is 1. The van der Waals surface area contributed by atoms with Crippen LogP contribution in [-0.2, 0) is 6.54 Å². The van der Waals surface area contributed by atoms with Gasteiger partial charge in [-0.25, -0.2) is 4.98 Å². The van der Waals surface area contributed by atoms with Crippen LogP contribution >= 0.6 is 12.4 Å². The molecule has 0 unspecified atom stereocenters. The van der Waals surface area contributed by atoms with Crippen LogP contribution in [0.25, 0.3) is 22.2 Å². The smallest absolute Gasteiger partial charge is 0.181 e. The molecular formula is C19H23ClN2O. The second-order valence-electron chi connectivity index (χ2n) is 6.09. The zero-order valence-corrected chi connectivity index (χ0v) is 14.4. The van der Waals surface area contributed by atoms with Crippen molar-refractivity contribution in [3.8, 4) is 11.1 Å². The molecule has 4 heteroatoms. The predicted molar refractivity (Wildman–Crippen MR) is 97.9 cm³/mol. The molecule has 0 aliphatic rings. The van der Waals surface area contributed by atoms with Crippen LogP contribution in [0.4, 0.5) is 0 Å². The molecule has 0 aliphatic carbocycles. The summed E-state index contributed by atoms with van der Waals surface area (Å²) >= 11 is 0. The van der Waals surface area contributed by atoms with Crippen molar-refractivity contribution in [2.45, 2.75) is 26.8 Å². The van der Waals surface area contributed by atoms with Crippen LogP contribution in [0.5, 0.6) is 0 Å². The minimum absolute atomic E-state index is 0. The number of hydrogen-bond acceptors (Lipinski definition) is 3. The molecule has 0 saturated carbocycles. The molecule has 0 fully saturated rings. The molecule has 0 spiro atoms. The fourth-order valence-electron chi connectivity index (χ4n) is 2.48. The summed E-state index contributed by atoms with van der Waals surface area (Å²) < 4.78 is 5.28. The average Bonchev–Trinajstić information content (AvgIpc) is 2.99. The summed E-state index contributed by atoms with van der Waals surface area (Å²) in [5, 5.41) is 3.49. The van der Waals surface area contributed by atoms with Gasteiger partial charge in [0.15, 0.2) is 12.0 Å². The number of hydrogen-bond donors (Lipinski definition) is 1. The quantitative estimate of drug-likeness (QED) is 0.642. The standard InChI is InChI=1S/C19H22N2O.ClH/c1-14(2)9-10-20-12-15-3-5-16(6-4-15)17-7-8-19-18(11-17)21-13-22-19;/h3-8,11,13-14,20H,9-10,12H2,1-2H3;1H.